The average Bonchev–Trinajstić information content (AvgIpc) is 2.45. The summed E-state index contributed by atoms with van der Waals surface area (Å²) in [5, 5.41) is 18.5. The molecule has 5 nitrogen and oxygen atoms in total. The van der Waals surface area contributed by atoms with Crippen LogP contribution in [0.15, 0.2) is 0 Å². The molecule has 0 radical (unpaired) electrons. The number of carbonyl (C=O) groups excluding carboxylic acids is 1. The van der Waals surface area contributed by atoms with Crippen molar-refractivity contribution in [2.24, 2.45) is 11.3 Å². The third-order valence-electron chi connectivity index (χ3n) is 4.51. The zero-order valence-electron chi connectivity index (χ0n) is 15.1. The van der Waals surface area contributed by atoms with Gasteiger partial charge in [0.15, 0.2) is 0 Å². The van der Waals surface area contributed by atoms with E-state index < -0.39 is 17.0 Å². The standard InChI is InChI=1S/C18H34O5/c1-17(2,16(21)22)11-7-5-9-15(13-19)10-6-8-12-18(3,4)23-14-20/h14-15,19H,5-13H2,1-4H3,(H,21,22). The molecule has 0 spiro atoms. The molecular formula is C18H34O5. The van der Waals surface area contributed by atoms with E-state index in [1.165, 1.54) is 0 Å². The van der Waals surface area contributed by atoms with E-state index in [0.717, 1.165) is 44.9 Å². The van der Waals surface area contributed by atoms with Crippen LogP contribution in [0.3, 0.4) is 0 Å². The van der Waals surface area contributed by atoms with Gasteiger partial charge in [-0.2, -0.15) is 0 Å². The summed E-state index contributed by atoms with van der Waals surface area (Å²) in [6.07, 6.45) is 7.14. The Morgan fingerprint density at radius 1 is 1.04 bits per heavy atom. The number of ether oxygens (including phenoxy) is 1. The Bertz CT molecular complexity index is 349. The van der Waals surface area contributed by atoms with Gasteiger partial charge in [-0.1, -0.05) is 19.3 Å². The summed E-state index contributed by atoms with van der Waals surface area (Å²) in [5.41, 5.74) is -1.09. The predicted octanol–water partition coefficient (Wildman–Crippen LogP) is 3.78. The molecule has 1 atom stereocenters. The molecule has 5 heteroatoms. The second-order valence-corrected chi connectivity index (χ2v) is 7.70. The highest BCUT2D eigenvalue weighted by atomic mass is 16.5. The Morgan fingerprint density at radius 2 is 1.57 bits per heavy atom. The summed E-state index contributed by atoms with van der Waals surface area (Å²) in [6, 6.07) is 0. The van der Waals surface area contributed by atoms with Crippen molar-refractivity contribution in [2.45, 2.75) is 84.7 Å². The number of carbonyl (C=O) groups is 2. The molecule has 0 amide bonds. The van der Waals surface area contributed by atoms with Gasteiger partial charge in [-0.3, -0.25) is 9.59 Å². The van der Waals surface area contributed by atoms with Gasteiger partial charge < -0.3 is 14.9 Å². The van der Waals surface area contributed by atoms with Crippen LogP contribution in [0.4, 0.5) is 0 Å². The maximum Gasteiger partial charge on any atom is 0.309 e. The Balaban J connectivity index is 3.87. The van der Waals surface area contributed by atoms with Crippen LogP contribution in [0, 0.1) is 11.3 Å². The highest BCUT2D eigenvalue weighted by molar-refractivity contribution is 5.73. The van der Waals surface area contributed by atoms with E-state index >= 15 is 0 Å². The first kappa shape index (κ1) is 21.9. The van der Waals surface area contributed by atoms with Gasteiger partial charge in [0.1, 0.15) is 5.60 Å². The number of unbranched alkanes of at least 4 members (excludes halogenated alkanes) is 2. The molecule has 0 aliphatic carbocycles. The fourth-order valence-corrected chi connectivity index (χ4v) is 2.61. The number of hydrogen-bond acceptors (Lipinski definition) is 4. The minimum Gasteiger partial charge on any atom is -0.481 e. The quantitative estimate of drug-likeness (QED) is 0.374. The minimum atomic E-state index is -0.753. The molecule has 23 heavy (non-hydrogen) atoms. The van der Waals surface area contributed by atoms with Crippen LogP contribution in [-0.4, -0.2) is 34.9 Å². The number of aliphatic hydroxyl groups is 1. The highest BCUT2D eigenvalue weighted by Crippen LogP contribution is 2.26. The maximum atomic E-state index is 11.0. The molecule has 0 aromatic carbocycles. The lowest BCUT2D eigenvalue weighted by Crippen LogP contribution is -2.23. The van der Waals surface area contributed by atoms with Crippen LogP contribution in [0.1, 0.15) is 79.1 Å². The Hall–Kier alpha value is -1.10. The summed E-state index contributed by atoms with van der Waals surface area (Å²) in [5.74, 6) is -0.477. The average molecular weight is 330 g/mol. The highest BCUT2D eigenvalue weighted by Gasteiger charge is 2.26. The van der Waals surface area contributed by atoms with Crippen LogP contribution in [0.25, 0.3) is 0 Å². The summed E-state index contributed by atoms with van der Waals surface area (Å²) in [4.78, 5) is 21.4. The number of carboxylic acid groups (broad SMARTS) is 1. The molecule has 0 aliphatic rings. The molecule has 0 bridgehead atoms. The van der Waals surface area contributed by atoms with Crippen LogP contribution >= 0.6 is 0 Å². The Labute approximate surface area is 140 Å². The summed E-state index contributed by atoms with van der Waals surface area (Å²) < 4.78 is 5.02. The number of carboxylic acids is 1. The monoisotopic (exact) mass is 330 g/mol. The molecule has 0 saturated carbocycles. The zero-order valence-corrected chi connectivity index (χ0v) is 15.1. The van der Waals surface area contributed by atoms with Gasteiger partial charge in [0.05, 0.1) is 5.41 Å². The maximum absolute atomic E-state index is 11.0. The fraction of sp³-hybridized carbons (Fsp3) is 0.889. The smallest absolute Gasteiger partial charge is 0.309 e. The van der Waals surface area contributed by atoms with Crippen molar-refractivity contribution in [1.82, 2.24) is 0 Å². The van der Waals surface area contributed by atoms with Crippen molar-refractivity contribution < 1.29 is 24.5 Å². The summed E-state index contributed by atoms with van der Waals surface area (Å²) in [7, 11) is 0. The first-order chi connectivity index (χ1) is 10.6. The lowest BCUT2D eigenvalue weighted by molar-refractivity contribution is -0.147. The van der Waals surface area contributed by atoms with Gasteiger partial charge in [-0.15, -0.1) is 0 Å². The van der Waals surface area contributed by atoms with Crippen molar-refractivity contribution in [3.05, 3.63) is 0 Å². The predicted molar refractivity (Wildman–Crippen MR) is 90.2 cm³/mol. The van der Waals surface area contributed by atoms with Crippen molar-refractivity contribution in [2.75, 3.05) is 6.61 Å². The Morgan fingerprint density at radius 3 is 2.00 bits per heavy atom. The van der Waals surface area contributed by atoms with Gasteiger partial charge in [0.2, 0.25) is 0 Å². The van der Waals surface area contributed by atoms with E-state index in [0.29, 0.717) is 12.9 Å². The van der Waals surface area contributed by atoms with E-state index in [1.54, 1.807) is 13.8 Å². The van der Waals surface area contributed by atoms with Gasteiger partial charge in [-0.05, 0) is 65.7 Å². The van der Waals surface area contributed by atoms with Gasteiger partial charge >= 0.3 is 5.97 Å². The first-order valence-corrected chi connectivity index (χ1v) is 8.60. The SMILES string of the molecule is CC(C)(CCCCC(CO)CCCCC(C)(C)C(=O)O)OC=O. The molecule has 0 aromatic rings. The van der Waals surface area contributed by atoms with Crippen LogP contribution in [-0.2, 0) is 14.3 Å². The van der Waals surface area contributed by atoms with Crippen molar-refractivity contribution >= 4 is 12.4 Å². The fourth-order valence-electron chi connectivity index (χ4n) is 2.61. The molecule has 0 heterocycles. The van der Waals surface area contributed by atoms with Crippen molar-refractivity contribution in [1.29, 1.82) is 0 Å². The van der Waals surface area contributed by atoms with Gasteiger partial charge in [0.25, 0.3) is 6.47 Å². The largest absolute Gasteiger partial charge is 0.481 e. The third-order valence-corrected chi connectivity index (χ3v) is 4.51. The first-order valence-electron chi connectivity index (χ1n) is 8.60. The lowest BCUT2D eigenvalue weighted by atomic mass is 9.86. The Kier molecular flexibility index (Phi) is 10.1. The van der Waals surface area contributed by atoms with Gasteiger partial charge in [-0.25, -0.2) is 0 Å². The second kappa shape index (κ2) is 10.6. The molecule has 0 saturated heterocycles. The van der Waals surface area contributed by atoms with Crippen LogP contribution < -0.4 is 0 Å². The molecule has 1 unspecified atom stereocenters. The molecular weight excluding hydrogens is 296 g/mol. The van der Waals surface area contributed by atoms with Crippen molar-refractivity contribution in [3.63, 3.8) is 0 Å². The number of aliphatic hydroxyl groups excluding tert-OH is 1. The van der Waals surface area contributed by atoms with Crippen LogP contribution in [0.2, 0.25) is 0 Å². The van der Waals surface area contributed by atoms with Crippen LogP contribution in [0.5, 0.6) is 0 Å². The van der Waals surface area contributed by atoms with E-state index in [9.17, 15) is 14.7 Å². The molecule has 0 rings (SSSR count). The summed E-state index contributed by atoms with van der Waals surface area (Å²) >= 11 is 0. The number of rotatable bonds is 14. The normalized spacial score (nSPS) is 13.6. The van der Waals surface area contributed by atoms with Crippen molar-refractivity contribution in [3.8, 4) is 0 Å². The molecule has 2 N–H and O–H groups in total. The molecule has 136 valence electrons. The lowest BCUT2D eigenvalue weighted by Gasteiger charge is -2.23. The van der Waals surface area contributed by atoms with E-state index in [-0.39, 0.29) is 12.5 Å². The number of aliphatic carboxylic acids is 1. The molecule has 0 aliphatic heterocycles. The molecule has 0 aromatic heterocycles. The third kappa shape index (κ3) is 10.3. The van der Waals surface area contributed by atoms with E-state index in [1.807, 2.05) is 13.8 Å². The van der Waals surface area contributed by atoms with Gasteiger partial charge in [0, 0.05) is 6.61 Å². The summed E-state index contributed by atoms with van der Waals surface area (Å²) in [6.45, 7) is 7.97. The zero-order chi connectivity index (χ0) is 17.9. The number of hydrogen-bond donors (Lipinski definition) is 2. The topological polar surface area (TPSA) is 83.8 Å². The second-order valence-electron chi connectivity index (χ2n) is 7.70. The van der Waals surface area contributed by atoms with E-state index in [4.69, 9.17) is 9.84 Å². The molecule has 0 fully saturated rings. The minimum absolute atomic E-state index is 0.177. The van der Waals surface area contributed by atoms with E-state index in [2.05, 4.69) is 0 Å².